The minimum atomic E-state index is -4.63. The molecular formula is C21H19F3N4O4. The molecule has 2 heterocycles. The highest BCUT2D eigenvalue weighted by Crippen LogP contribution is 2.34. The number of halogens is 3. The first-order valence-corrected chi connectivity index (χ1v) is 9.57. The molecule has 4 N–H and O–H groups in total. The van der Waals surface area contributed by atoms with Gasteiger partial charge in [0.25, 0.3) is 11.8 Å². The van der Waals surface area contributed by atoms with E-state index in [-0.39, 0.29) is 30.1 Å². The molecule has 1 saturated heterocycles. The Morgan fingerprint density at radius 2 is 1.84 bits per heavy atom. The number of carbonyl (C=O) groups excluding carboxylic acids is 3. The lowest BCUT2D eigenvalue weighted by Gasteiger charge is -2.31. The maximum absolute atomic E-state index is 13.0. The van der Waals surface area contributed by atoms with Crippen LogP contribution in [0.1, 0.15) is 33.1 Å². The summed E-state index contributed by atoms with van der Waals surface area (Å²) in [5.74, 6) is -0.572. The molecular weight excluding hydrogens is 429 g/mol. The Kier molecular flexibility index (Phi) is 5.08. The van der Waals surface area contributed by atoms with E-state index >= 15 is 0 Å². The summed E-state index contributed by atoms with van der Waals surface area (Å²) >= 11 is 0. The fourth-order valence-corrected chi connectivity index (χ4v) is 3.94. The molecule has 4 amide bonds. The smallest absolute Gasteiger partial charge is 0.407 e. The number of rotatable bonds is 5. The van der Waals surface area contributed by atoms with Crippen molar-refractivity contribution >= 4 is 17.8 Å². The summed E-state index contributed by atoms with van der Waals surface area (Å²) in [5, 5.41) is 4.68. The minimum Gasteiger partial charge on any atom is -0.497 e. The van der Waals surface area contributed by atoms with E-state index in [1.165, 1.54) is 24.1 Å². The standard InChI is InChI=1S/C21H19F3N4O4/c1-32-14-7-4-12-9-28(17(29)15(12)8-14)10-20(18(30)26-19(31)27-20)13-5-2-11(3-6-13)16(25)21(22,23)24/h2-8,16H,9-10,25H2,1H3,(H2,26,27,30,31)/t16?,20-/m0/s1. The molecule has 4 rings (SSSR count). The number of fused-ring (bicyclic) bond motifs is 1. The van der Waals surface area contributed by atoms with Gasteiger partial charge in [0.15, 0.2) is 5.54 Å². The predicted molar refractivity (Wildman–Crippen MR) is 106 cm³/mol. The third-order valence-corrected chi connectivity index (χ3v) is 5.68. The normalized spacial score (nSPS) is 21.3. The van der Waals surface area contributed by atoms with Crippen LogP contribution in [0.15, 0.2) is 42.5 Å². The van der Waals surface area contributed by atoms with Crippen molar-refractivity contribution < 1.29 is 32.3 Å². The van der Waals surface area contributed by atoms with Crippen molar-refractivity contribution in [2.45, 2.75) is 24.3 Å². The van der Waals surface area contributed by atoms with Crippen LogP contribution in [-0.4, -0.2) is 42.6 Å². The van der Waals surface area contributed by atoms with Gasteiger partial charge >= 0.3 is 12.2 Å². The lowest BCUT2D eigenvalue weighted by atomic mass is 9.88. The molecule has 0 spiro atoms. The number of hydrogen-bond donors (Lipinski definition) is 3. The fraction of sp³-hybridized carbons (Fsp3) is 0.286. The monoisotopic (exact) mass is 448 g/mol. The van der Waals surface area contributed by atoms with Gasteiger partial charge in [-0.25, -0.2) is 4.79 Å². The molecule has 11 heteroatoms. The lowest BCUT2D eigenvalue weighted by molar-refractivity contribution is -0.149. The number of nitrogens with zero attached hydrogens (tertiary/aromatic N) is 1. The Labute approximate surface area is 180 Å². The zero-order chi connectivity index (χ0) is 23.3. The van der Waals surface area contributed by atoms with Crippen molar-refractivity contribution in [3.63, 3.8) is 0 Å². The molecule has 0 aliphatic carbocycles. The quantitative estimate of drug-likeness (QED) is 0.605. The summed E-state index contributed by atoms with van der Waals surface area (Å²) in [5.41, 5.74) is 4.74. The van der Waals surface area contributed by atoms with Crippen LogP contribution in [0.25, 0.3) is 0 Å². The molecule has 2 atom stereocenters. The molecule has 0 bridgehead atoms. The third kappa shape index (κ3) is 3.54. The fourth-order valence-electron chi connectivity index (χ4n) is 3.94. The second-order valence-corrected chi connectivity index (χ2v) is 7.64. The number of urea groups is 1. The minimum absolute atomic E-state index is 0.195. The van der Waals surface area contributed by atoms with E-state index in [4.69, 9.17) is 10.5 Å². The van der Waals surface area contributed by atoms with Crippen LogP contribution in [-0.2, 0) is 16.9 Å². The van der Waals surface area contributed by atoms with E-state index in [1.807, 2.05) is 0 Å². The summed E-state index contributed by atoms with van der Waals surface area (Å²) in [6.45, 7) is -0.0227. The van der Waals surface area contributed by atoms with Crippen molar-refractivity contribution in [2.75, 3.05) is 13.7 Å². The third-order valence-electron chi connectivity index (χ3n) is 5.68. The SMILES string of the molecule is COc1ccc2c(c1)C(=O)N(C[C@@]1(c3ccc(C(N)C(F)(F)F)cc3)NC(=O)NC1=O)C2. The molecule has 32 heavy (non-hydrogen) atoms. The topological polar surface area (TPSA) is 114 Å². The van der Waals surface area contributed by atoms with Crippen LogP contribution in [0.4, 0.5) is 18.0 Å². The van der Waals surface area contributed by atoms with Crippen LogP contribution in [0.2, 0.25) is 0 Å². The van der Waals surface area contributed by atoms with Gasteiger partial charge in [0.1, 0.15) is 11.8 Å². The Balaban J connectivity index is 1.66. The van der Waals surface area contributed by atoms with Gasteiger partial charge in [0, 0.05) is 12.1 Å². The number of carbonyl (C=O) groups is 3. The molecule has 2 aromatic carbocycles. The zero-order valence-corrected chi connectivity index (χ0v) is 16.8. The highest BCUT2D eigenvalue weighted by molar-refractivity contribution is 6.08. The van der Waals surface area contributed by atoms with Crippen LogP contribution >= 0.6 is 0 Å². The number of nitrogens with one attached hydrogen (secondary N) is 2. The van der Waals surface area contributed by atoms with Crippen LogP contribution in [0.3, 0.4) is 0 Å². The van der Waals surface area contributed by atoms with Gasteiger partial charge in [-0.2, -0.15) is 13.2 Å². The summed E-state index contributed by atoms with van der Waals surface area (Å²) in [7, 11) is 1.47. The number of imide groups is 1. The molecule has 1 fully saturated rings. The highest BCUT2D eigenvalue weighted by atomic mass is 19.4. The Bertz CT molecular complexity index is 1100. The van der Waals surface area contributed by atoms with Crippen molar-refractivity contribution in [2.24, 2.45) is 5.73 Å². The second kappa shape index (κ2) is 7.52. The number of benzene rings is 2. The number of hydrogen-bond acceptors (Lipinski definition) is 5. The van der Waals surface area contributed by atoms with Crippen molar-refractivity contribution in [3.8, 4) is 5.75 Å². The number of nitrogens with two attached hydrogens (primary N) is 1. The summed E-state index contributed by atoms with van der Waals surface area (Å²) in [6, 6.07) is 6.96. The Morgan fingerprint density at radius 1 is 1.16 bits per heavy atom. The van der Waals surface area contributed by atoms with E-state index in [9.17, 15) is 27.6 Å². The molecule has 2 aromatic rings. The molecule has 1 unspecified atom stereocenters. The maximum atomic E-state index is 13.0. The summed E-state index contributed by atoms with van der Waals surface area (Å²) in [6.07, 6.45) is -4.63. The maximum Gasteiger partial charge on any atom is 0.407 e. The highest BCUT2D eigenvalue weighted by Gasteiger charge is 2.50. The molecule has 168 valence electrons. The lowest BCUT2D eigenvalue weighted by Crippen LogP contribution is -2.52. The van der Waals surface area contributed by atoms with Gasteiger partial charge in [0.2, 0.25) is 0 Å². The van der Waals surface area contributed by atoms with E-state index in [0.29, 0.717) is 11.3 Å². The number of ether oxygens (including phenoxy) is 1. The predicted octanol–water partition coefficient (Wildman–Crippen LogP) is 1.95. The van der Waals surface area contributed by atoms with Gasteiger partial charge in [-0.1, -0.05) is 30.3 Å². The average molecular weight is 448 g/mol. The largest absolute Gasteiger partial charge is 0.497 e. The number of amides is 4. The molecule has 0 aromatic heterocycles. The van der Waals surface area contributed by atoms with E-state index in [0.717, 1.165) is 17.7 Å². The number of alkyl halides is 3. The van der Waals surface area contributed by atoms with Crippen molar-refractivity contribution in [1.82, 2.24) is 15.5 Å². The molecule has 0 radical (unpaired) electrons. The van der Waals surface area contributed by atoms with Crippen LogP contribution in [0, 0.1) is 0 Å². The summed E-state index contributed by atoms with van der Waals surface area (Å²) in [4.78, 5) is 39.1. The molecule has 8 nitrogen and oxygen atoms in total. The zero-order valence-electron chi connectivity index (χ0n) is 16.8. The van der Waals surface area contributed by atoms with Crippen LogP contribution in [0.5, 0.6) is 5.75 Å². The van der Waals surface area contributed by atoms with Gasteiger partial charge in [0.05, 0.1) is 13.7 Å². The molecule has 2 aliphatic heterocycles. The van der Waals surface area contributed by atoms with Gasteiger partial charge in [-0.3, -0.25) is 14.9 Å². The molecule has 2 aliphatic rings. The van der Waals surface area contributed by atoms with Crippen molar-refractivity contribution in [3.05, 3.63) is 64.7 Å². The van der Waals surface area contributed by atoms with E-state index < -0.39 is 29.7 Å². The first-order chi connectivity index (χ1) is 15.0. The first-order valence-electron chi connectivity index (χ1n) is 9.57. The summed E-state index contributed by atoms with van der Waals surface area (Å²) < 4.78 is 43.9. The Hall–Kier alpha value is -3.60. The number of methoxy groups -OCH3 is 1. The van der Waals surface area contributed by atoms with Crippen molar-refractivity contribution in [1.29, 1.82) is 0 Å². The Morgan fingerprint density at radius 3 is 2.41 bits per heavy atom. The molecule has 0 saturated carbocycles. The second-order valence-electron chi connectivity index (χ2n) is 7.64. The van der Waals surface area contributed by atoms with E-state index in [1.54, 1.807) is 18.2 Å². The van der Waals surface area contributed by atoms with Gasteiger partial charge in [-0.15, -0.1) is 0 Å². The average Bonchev–Trinajstić information content (AvgIpc) is 3.22. The van der Waals surface area contributed by atoms with Gasteiger partial charge < -0.3 is 20.7 Å². The first kappa shape index (κ1) is 21.6. The van der Waals surface area contributed by atoms with Crippen LogP contribution < -0.4 is 21.1 Å². The van der Waals surface area contributed by atoms with E-state index in [2.05, 4.69) is 10.6 Å². The van der Waals surface area contributed by atoms with Gasteiger partial charge in [-0.05, 0) is 28.8 Å².